The summed E-state index contributed by atoms with van der Waals surface area (Å²) in [7, 11) is 1.79. The SMILES string of the molecule is CN(CC(=O)NN1C(=O)NC(C)(c2ccccc2)C1=O)Cc1cnn(Cc2ccccc2)c1. The van der Waals surface area contributed by atoms with Gasteiger partial charge in [0.15, 0.2) is 0 Å². The van der Waals surface area contributed by atoms with E-state index in [1.807, 2.05) is 47.3 Å². The van der Waals surface area contributed by atoms with Gasteiger partial charge in [0.25, 0.3) is 11.8 Å². The Morgan fingerprint density at radius 3 is 2.42 bits per heavy atom. The summed E-state index contributed by atoms with van der Waals surface area (Å²) in [4.78, 5) is 39.6. The quantitative estimate of drug-likeness (QED) is 0.515. The van der Waals surface area contributed by atoms with Crippen LogP contribution in [0.5, 0.6) is 0 Å². The molecule has 0 bridgehead atoms. The van der Waals surface area contributed by atoms with Gasteiger partial charge >= 0.3 is 6.03 Å². The highest BCUT2D eigenvalue weighted by molar-refractivity contribution is 6.08. The number of carbonyl (C=O) groups excluding carboxylic acids is 3. The maximum Gasteiger partial charge on any atom is 0.344 e. The summed E-state index contributed by atoms with van der Waals surface area (Å²) in [5.74, 6) is -0.994. The summed E-state index contributed by atoms with van der Waals surface area (Å²) < 4.78 is 1.84. The minimum absolute atomic E-state index is 0.00295. The van der Waals surface area contributed by atoms with E-state index in [4.69, 9.17) is 0 Å². The molecule has 2 heterocycles. The lowest BCUT2D eigenvalue weighted by atomic mass is 9.92. The predicted octanol–water partition coefficient (Wildman–Crippen LogP) is 1.86. The number of likely N-dealkylation sites (N-methyl/N-ethyl adjacent to an activating group) is 1. The highest BCUT2D eigenvalue weighted by Gasteiger charge is 2.49. The highest BCUT2D eigenvalue weighted by Crippen LogP contribution is 2.27. The van der Waals surface area contributed by atoms with E-state index in [-0.39, 0.29) is 6.54 Å². The van der Waals surface area contributed by atoms with E-state index < -0.39 is 23.4 Å². The van der Waals surface area contributed by atoms with Crippen molar-refractivity contribution in [1.82, 2.24) is 30.4 Å². The van der Waals surface area contributed by atoms with Gasteiger partial charge < -0.3 is 5.32 Å². The van der Waals surface area contributed by atoms with Crippen molar-refractivity contribution >= 4 is 17.8 Å². The van der Waals surface area contributed by atoms with Gasteiger partial charge in [-0.3, -0.25) is 24.6 Å². The molecule has 1 fully saturated rings. The largest absolute Gasteiger partial charge is 0.344 e. The van der Waals surface area contributed by atoms with E-state index in [1.165, 1.54) is 0 Å². The number of carbonyl (C=O) groups is 3. The predicted molar refractivity (Wildman–Crippen MR) is 121 cm³/mol. The van der Waals surface area contributed by atoms with Crippen LogP contribution < -0.4 is 10.7 Å². The van der Waals surface area contributed by atoms with Crippen molar-refractivity contribution in [3.8, 4) is 0 Å². The number of urea groups is 1. The summed E-state index contributed by atoms with van der Waals surface area (Å²) >= 11 is 0. The molecule has 1 saturated heterocycles. The Bertz CT molecular complexity index is 1150. The molecule has 1 aromatic heterocycles. The third-order valence-corrected chi connectivity index (χ3v) is 5.52. The average Bonchev–Trinajstić information content (AvgIpc) is 3.32. The van der Waals surface area contributed by atoms with Gasteiger partial charge in [-0.25, -0.2) is 4.79 Å². The Labute approximate surface area is 192 Å². The van der Waals surface area contributed by atoms with Gasteiger partial charge in [-0.2, -0.15) is 10.1 Å². The van der Waals surface area contributed by atoms with Gasteiger partial charge in [0.1, 0.15) is 5.54 Å². The van der Waals surface area contributed by atoms with Crippen LogP contribution in [0.25, 0.3) is 0 Å². The van der Waals surface area contributed by atoms with E-state index in [0.717, 1.165) is 16.1 Å². The summed E-state index contributed by atoms with van der Waals surface area (Å²) in [6, 6.07) is 18.3. The van der Waals surface area contributed by atoms with Crippen molar-refractivity contribution in [3.63, 3.8) is 0 Å². The number of hydrogen-bond acceptors (Lipinski definition) is 5. The first-order valence-corrected chi connectivity index (χ1v) is 10.6. The first-order chi connectivity index (χ1) is 15.8. The Morgan fingerprint density at radius 2 is 1.73 bits per heavy atom. The van der Waals surface area contributed by atoms with Crippen LogP contribution in [0.15, 0.2) is 73.1 Å². The molecule has 170 valence electrons. The molecule has 0 aliphatic carbocycles. The molecule has 1 atom stereocenters. The molecule has 9 heteroatoms. The lowest BCUT2D eigenvalue weighted by molar-refractivity contribution is -0.139. The third-order valence-electron chi connectivity index (χ3n) is 5.52. The smallest absolute Gasteiger partial charge is 0.318 e. The fraction of sp³-hybridized carbons (Fsp3) is 0.250. The Kier molecular flexibility index (Phi) is 6.23. The van der Waals surface area contributed by atoms with Crippen molar-refractivity contribution < 1.29 is 14.4 Å². The van der Waals surface area contributed by atoms with Crippen LogP contribution in [0.4, 0.5) is 4.79 Å². The van der Waals surface area contributed by atoms with Crippen LogP contribution in [0.2, 0.25) is 0 Å². The molecule has 0 saturated carbocycles. The number of benzene rings is 2. The Balaban J connectivity index is 1.32. The maximum atomic E-state index is 12.9. The average molecular weight is 447 g/mol. The van der Waals surface area contributed by atoms with Crippen molar-refractivity contribution in [1.29, 1.82) is 0 Å². The molecule has 3 aromatic rings. The summed E-state index contributed by atoms with van der Waals surface area (Å²) in [6.45, 7) is 2.78. The van der Waals surface area contributed by atoms with Gasteiger partial charge in [0.05, 0.1) is 19.3 Å². The van der Waals surface area contributed by atoms with E-state index in [0.29, 0.717) is 18.7 Å². The molecule has 9 nitrogen and oxygen atoms in total. The molecule has 0 radical (unpaired) electrons. The topological polar surface area (TPSA) is 99.6 Å². The first-order valence-electron chi connectivity index (χ1n) is 10.6. The van der Waals surface area contributed by atoms with Crippen molar-refractivity contribution in [2.24, 2.45) is 0 Å². The Morgan fingerprint density at radius 1 is 1.06 bits per heavy atom. The number of nitrogens with zero attached hydrogens (tertiary/aromatic N) is 4. The zero-order chi connectivity index (χ0) is 23.4. The molecular formula is C24H26N6O3. The summed E-state index contributed by atoms with van der Waals surface area (Å²) in [6.07, 6.45) is 3.70. The first kappa shape index (κ1) is 22.2. The number of rotatable bonds is 8. The molecule has 1 aliphatic heterocycles. The monoisotopic (exact) mass is 446 g/mol. The zero-order valence-electron chi connectivity index (χ0n) is 18.6. The summed E-state index contributed by atoms with van der Waals surface area (Å²) in [5, 5.41) is 7.79. The van der Waals surface area contributed by atoms with Crippen LogP contribution in [-0.4, -0.2) is 51.1 Å². The van der Waals surface area contributed by atoms with Gasteiger partial charge in [-0.15, -0.1) is 0 Å². The molecule has 1 aliphatic rings. The molecular weight excluding hydrogens is 420 g/mol. The molecule has 4 amide bonds. The number of amides is 4. The van der Waals surface area contributed by atoms with Gasteiger partial charge in [0, 0.05) is 18.3 Å². The highest BCUT2D eigenvalue weighted by atomic mass is 16.2. The van der Waals surface area contributed by atoms with Crippen molar-refractivity contribution in [3.05, 3.63) is 89.7 Å². The van der Waals surface area contributed by atoms with Crippen LogP contribution in [0.1, 0.15) is 23.6 Å². The third kappa shape index (κ3) is 4.93. The van der Waals surface area contributed by atoms with Gasteiger partial charge in [0.2, 0.25) is 0 Å². The number of imide groups is 1. The van der Waals surface area contributed by atoms with Crippen LogP contribution >= 0.6 is 0 Å². The standard InChI is InChI=1S/C24H26N6O3/c1-24(20-11-7-4-8-12-20)22(32)30(23(33)26-24)27-21(31)17-28(2)14-19-13-25-29(16-19)15-18-9-5-3-6-10-18/h3-13,16H,14-15,17H2,1-2H3,(H,26,33)(H,27,31). The Hall–Kier alpha value is -3.98. The number of aromatic nitrogens is 2. The molecule has 4 rings (SSSR count). The maximum absolute atomic E-state index is 12.9. The molecule has 33 heavy (non-hydrogen) atoms. The second kappa shape index (κ2) is 9.25. The number of hydrogen-bond donors (Lipinski definition) is 2. The van der Waals surface area contributed by atoms with E-state index >= 15 is 0 Å². The van der Waals surface area contributed by atoms with Gasteiger partial charge in [-0.05, 0) is 25.1 Å². The minimum atomic E-state index is -1.23. The molecule has 0 spiro atoms. The van der Waals surface area contributed by atoms with Gasteiger partial charge in [-0.1, -0.05) is 60.7 Å². The number of nitrogens with one attached hydrogen (secondary N) is 2. The molecule has 1 unspecified atom stereocenters. The van der Waals surface area contributed by atoms with Crippen molar-refractivity contribution in [2.45, 2.75) is 25.6 Å². The number of hydrazine groups is 1. The normalized spacial score (nSPS) is 18.0. The van der Waals surface area contributed by atoms with E-state index in [9.17, 15) is 14.4 Å². The minimum Gasteiger partial charge on any atom is -0.318 e. The molecule has 2 aromatic carbocycles. The van der Waals surface area contributed by atoms with Crippen LogP contribution in [0, 0.1) is 0 Å². The van der Waals surface area contributed by atoms with E-state index in [1.54, 1.807) is 49.3 Å². The second-order valence-electron chi connectivity index (χ2n) is 8.30. The van der Waals surface area contributed by atoms with E-state index in [2.05, 4.69) is 15.8 Å². The fourth-order valence-electron chi connectivity index (χ4n) is 3.83. The summed E-state index contributed by atoms with van der Waals surface area (Å²) in [5.41, 5.74) is 3.94. The lowest BCUT2D eigenvalue weighted by Gasteiger charge is -2.22. The van der Waals surface area contributed by atoms with Crippen LogP contribution in [-0.2, 0) is 28.2 Å². The zero-order valence-corrected chi connectivity index (χ0v) is 18.6. The molecule has 2 N–H and O–H groups in total. The van der Waals surface area contributed by atoms with Crippen molar-refractivity contribution in [2.75, 3.05) is 13.6 Å². The fourth-order valence-corrected chi connectivity index (χ4v) is 3.83. The second-order valence-corrected chi connectivity index (χ2v) is 8.30. The lowest BCUT2D eigenvalue weighted by Crippen LogP contribution is -2.50. The van der Waals surface area contributed by atoms with Crippen LogP contribution in [0.3, 0.4) is 0 Å².